The Kier molecular flexibility index (Phi) is 6.74. The lowest BCUT2D eigenvalue weighted by Crippen LogP contribution is -2.35. The summed E-state index contributed by atoms with van der Waals surface area (Å²) in [6.45, 7) is 9.38. The van der Waals surface area contributed by atoms with Crippen molar-refractivity contribution in [1.82, 2.24) is 0 Å². The van der Waals surface area contributed by atoms with Gasteiger partial charge >= 0.3 is 0 Å². The van der Waals surface area contributed by atoms with Crippen LogP contribution in [-0.2, 0) is 0 Å². The molecule has 1 aliphatic carbocycles. The monoisotopic (exact) mass is 414 g/mol. The van der Waals surface area contributed by atoms with E-state index in [1.165, 1.54) is 48.1 Å². The summed E-state index contributed by atoms with van der Waals surface area (Å²) in [5.74, 6) is 0.705. The van der Waals surface area contributed by atoms with Crippen molar-refractivity contribution in [3.63, 3.8) is 0 Å². The number of nitrogens with zero attached hydrogens (tertiary/aromatic N) is 2. The Morgan fingerprint density at radius 2 is 1.65 bits per heavy atom. The van der Waals surface area contributed by atoms with Gasteiger partial charge in [-0.1, -0.05) is 102 Å². The van der Waals surface area contributed by atoms with Gasteiger partial charge in [-0.15, -0.1) is 0 Å². The Morgan fingerprint density at radius 3 is 2.32 bits per heavy atom. The van der Waals surface area contributed by atoms with E-state index in [2.05, 4.69) is 88.5 Å². The van der Waals surface area contributed by atoms with Gasteiger partial charge in [0.05, 0.1) is 6.04 Å². The van der Waals surface area contributed by atoms with E-state index in [4.69, 9.17) is 9.98 Å². The minimum Gasteiger partial charge on any atom is -0.290 e. The van der Waals surface area contributed by atoms with Crippen LogP contribution in [0.25, 0.3) is 0 Å². The molecule has 0 amide bonds. The lowest BCUT2D eigenvalue weighted by atomic mass is 9.68. The summed E-state index contributed by atoms with van der Waals surface area (Å²) in [6.07, 6.45) is 9.56. The minimum absolute atomic E-state index is 0.0257. The molecule has 4 rings (SSSR count). The van der Waals surface area contributed by atoms with Crippen LogP contribution in [0.5, 0.6) is 0 Å². The van der Waals surface area contributed by atoms with Crippen molar-refractivity contribution in [3.05, 3.63) is 71.3 Å². The molecule has 1 heterocycles. The second-order valence-corrected chi connectivity index (χ2v) is 10.4. The molecule has 2 aliphatic rings. The second-order valence-electron chi connectivity index (χ2n) is 10.4. The predicted molar refractivity (Wildman–Crippen MR) is 134 cm³/mol. The molecule has 1 aliphatic heterocycles. The molecule has 0 aromatic heterocycles. The van der Waals surface area contributed by atoms with Crippen molar-refractivity contribution in [2.24, 2.45) is 21.3 Å². The van der Waals surface area contributed by atoms with Crippen LogP contribution in [0.15, 0.2) is 64.6 Å². The van der Waals surface area contributed by atoms with Crippen LogP contribution in [0.3, 0.4) is 0 Å². The maximum absolute atomic E-state index is 5.53. The first-order valence-electron chi connectivity index (χ1n) is 12.2. The fourth-order valence-corrected chi connectivity index (χ4v) is 5.56. The lowest BCUT2D eigenvalue weighted by molar-refractivity contribution is 0.365. The van der Waals surface area contributed by atoms with Crippen LogP contribution in [0, 0.1) is 11.3 Å². The van der Waals surface area contributed by atoms with E-state index in [1.807, 2.05) is 0 Å². The number of rotatable bonds is 5. The smallest absolute Gasteiger partial charge is 0.0786 e. The average molecular weight is 415 g/mol. The number of hydrogen-bond acceptors (Lipinski definition) is 2. The van der Waals surface area contributed by atoms with E-state index < -0.39 is 0 Å². The summed E-state index contributed by atoms with van der Waals surface area (Å²) in [6, 6.07) is 20.5. The van der Waals surface area contributed by atoms with Crippen LogP contribution in [0.1, 0.15) is 94.9 Å². The highest BCUT2D eigenvalue weighted by atomic mass is 14.9. The first-order chi connectivity index (χ1) is 15.0. The van der Waals surface area contributed by atoms with E-state index in [9.17, 15) is 0 Å². The van der Waals surface area contributed by atoms with E-state index in [0.717, 1.165) is 12.8 Å². The molecule has 0 N–H and O–H groups in total. The van der Waals surface area contributed by atoms with Crippen LogP contribution in [0.2, 0.25) is 0 Å². The molecule has 0 saturated heterocycles. The van der Waals surface area contributed by atoms with Crippen LogP contribution in [0.4, 0.5) is 0 Å². The number of hydrogen-bond donors (Lipinski definition) is 0. The SMILES string of the molecule is CCCC1C(c2ccccc2)N=Cc2ccccc2C1C(=NC1CCCC1)C(C)(C)C. The fraction of sp³-hybridized carbons (Fsp3) is 0.517. The van der Waals surface area contributed by atoms with Gasteiger partial charge in [-0.2, -0.15) is 0 Å². The largest absolute Gasteiger partial charge is 0.290 e. The number of fused-ring (bicyclic) bond motifs is 1. The molecule has 0 spiro atoms. The van der Waals surface area contributed by atoms with Crippen molar-refractivity contribution < 1.29 is 0 Å². The maximum atomic E-state index is 5.53. The van der Waals surface area contributed by atoms with Crippen molar-refractivity contribution in [1.29, 1.82) is 0 Å². The van der Waals surface area contributed by atoms with Gasteiger partial charge in [0.15, 0.2) is 0 Å². The molecule has 164 valence electrons. The van der Waals surface area contributed by atoms with Crippen molar-refractivity contribution >= 4 is 11.9 Å². The molecule has 1 saturated carbocycles. The fourth-order valence-electron chi connectivity index (χ4n) is 5.56. The van der Waals surface area contributed by atoms with E-state index in [0.29, 0.717) is 17.9 Å². The molecule has 2 aromatic carbocycles. The molecular formula is C29H38N2. The molecule has 2 heteroatoms. The first kappa shape index (κ1) is 22.0. The molecular weight excluding hydrogens is 376 g/mol. The molecule has 1 fully saturated rings. The van der Waals surface area contributed by atoms with E-state index in [1.54, 1.807) is 0 Å². The zero-order valence-electron chi connectivity index (χ0n) is 19.7. The van der Waals surface area contributed by atoms with E-state index >= 15 is 0 Å². The minimum atomic E-state index is 0.0257. The Labute approximate surface area is 188 Å². The van der Waals surface area contributed by atoms with Crippen LogP contribution >= 0.6 is 0 Å². The second kappa shape index (κ2) is 9.51. The number of aliphatic imine (C=N–C) groups is 2. The van der Waals surface area contributed by atoms with Gasteiger partial charge in [-0.05, 0) is 41.9 Å². The quantitative estimate of drug-likeness (QED) is 0.446. The molecule has 31 heavy (non-hydrogen) atoms. The van der Waals surface area contributed by atoms with Gasteiger partial charge in [0, 0.05) is 29.3 Å². The van der Waals surface area contributed by atoms with E-state index in [-0.39, 0.29) is 11.5 Å². The zero-order chi connectivity index (χ0) is 21.8. The first-order valence-corrected chi connectivity index (χ1v) is 12.2. The Bertz CT molecular complexity index is 913. The summed E-state index contributed by atoms with van der Waals surface area (Å²) in [5, 5.41) is 0. The highest BCUT2D eigenvalue weighted by molar-refractivity contribution is 5.98. The third-order valence-corrected chi connectivity index (χ3v) is 7.01. The van der Waals surface area contributed by atoms with Crippen molar-refractivity contribution in [2.45, 2.75) is 84.2 Å². The van der Waals surface area contributed by atoms with Gasteiger partial charge in [0.1, 0.15) is 0 Å². The van der Waals surface area contributed by atoms with Gasteiger partial charge in [-0.3, -0.25) is 9.98 Å². The van der Waals surface area contributed by atoms with Crippen molar-refractivity contribution in [3.8, 4) is 0 Å². The molecule has 2 aromatic rings. The summed E-state index contributed by atoms with van der Waals surface area (Å²) >= 11 is 0. The summed E-state index contributed by atoms with van der Waals surface area (Å²) < 4.78 is 0. The summed E-state index contributed by atoms with van der Waals surface area (Å²) in [7, 11) is 0. The maximum Gasteiger partial charge on any atom is 0.0786 e. The summed E-state index contributed by atoms with van der Waals surface area (Å²) in [4.78, 5) is 10.7. The summed E-state index contributed by atoms with van der Waals surface area (Å²) in [5.41, 5.74) is 5.41. The predicted octanol–water partition coefficient (Wildman–Crippen LogP) is 7.79. The van der Waals surface area contributed by atoms with Gasteiger partial charge in [0.25, 0.3) is 0 Å². The van der Waals surface area contributed by atoms with Gasteiger partial charge in [0.2, 0.25) is 0 Å². The van der Waals surface area contributed by atoms with Gasteiger partial charge in [-0.25, -0.2) is 0 Å². The highest BCUT2D eigenvalue weighted by Gasteiger charge is 2.40. The molecule has 0 radical (unpaired) electrons. The Balaban J connectivity index is 1.90. The third kappa shape index (κ3) is 4.84. The topological polar surface area (TPSA) is 24.7 Å². The third-order valence-electron chi connectivity index (χ3n) is 7.01. The Hall–Kier alpha value is -2.22. The highest BCUT2D eigenvalue weighted by Crippen LogP contribution is 2.46. The van der Waals surface area contributed by atoms with Gasteiger partial charge < -0.3 is 0 Å². The normalized spacial score (nSPS) is 24.8. The van der Waals surface area contributed by atoms with Crippen LogP contribution < -0.4 is 0 Å². The number of benzene rings is 2. The molecule has 3 atom stereocenters. The molecule has 2 nitrogen and oxygen atoms in total. The standard InChI is InChI=1S/C29H38N2/c1-5-13-25-26(28(29(2,3)4)31-23-17-10-11-18-23)24-19-12-9-16-22(24)20-30-27(25)21-14-7-6-8-15-21/h6-9,12,14-16,19-20,23,25-27H,5,10-11,13,17-18H2,1-4H3. The van der Waals surface area contributed by atoms with Crippen molar-refractivity contribution in [2.75, 3.05) is 0 Å². The van der Waals surface area contributed by atoms with Crippen LogP contribution in [-0.4, -0.2) is 18.0 Å². The molecule has 0 bridgehead atoms. The Morgan fingerprint density at radius 1 is 0.968 bits per heavy atom. The lowest BCUT2D eigenvalue weighted by Gasteiger charge is -2.38. The molecule has 3 unspecified atom stereocenters. The zero-order valence-corrected chi connectivity index (χ0v) is 19.7. The average Bonchev–Trinajstić information content (AvgIpc) is 3.22.